The van der Waals surface area contributed by atoms with E-state index in [4.69, 9.17) is 23.7 Å². The number of aromatic amines is 1. The first kappa shape index (κ1) is 19.5. The van der Waals surface area contributed by atoms with Gasteiger partial charge in [-0.3, -0.25) is 5.32 Å². The van der Waals surface area contributed by atoms with Crippen molar-refractivity contribution in [1.82, 2.24) is 0 Å². The summed E-state index contributed by atoms with van der Waals surface area (Å²) in [5, 5.41) is 14.2. The Bertz CT molecular complexity index is 1020. The van der Waals surface area contributed by atoms with E-state index in [1.54, 1.807) is 33.5 Å². The van der Waals surface area contributed by atoms with Crippen molar-refractivity contribution < 1.29 is 33.8 Å². The first-order chi connectivity index (χ1) is 14.6. The topological polar surface area (TPSA) is 92.6 Å². The number of fused-ring (bicyclic) bond motifs is 1. The molecule has 0 radical (unpaired) electrons. The lowest BCUT2D eigenvalue weighted by molar-refractivity contribution is -0.361. The lowest BCUT2D eigenvalue weighted by Crippen LogP contribution is -2.19. The van der Waals surface area contributed by atoms with Gasteiger partial charge in [0.15, 0.2) is 23.0 Å². The van der Waals surface area contributed by atoms with Crippen LogP contribution < -0.4 is 34.0 Å². The van der Waals surface area contributed by atoms with Crippen LogP contribution >= 0.6 is 0 Å². The molecular formula is C22H23N2O6+. The highest BCUT2D eigenvalue weighted by atomic mass is 16.7. The van der Waals surface area contributed by atoms with Crippen LogP contribution in [0.4, 0.5) is 5.82 Å². The number of aromatic nitrogens is 1. The quantitative estimate of drug-likeness (QED) is 0.617. The molecule has 0 saturated carbocycles. The summed E-state index contributed by atoms with van der Waals surface area (Å²) in [5.74, 6) is 3.41. The monoisotopic (exact) mass is 411 g/mol. The highest BCUT2D eigenvalue weighted by Crippen LogP contribution is 2.45. The van der Waals surface area contributed by atoms with Gasteiger partial charge in [0.05, 0.1) is 27.5 Å². The summed E-state index contributed by atoms with van der Waals surface area (Å²) in [6, 6.07) is 12.2. The molecule has 1 atom stereocenters. The number of benzene rings is 2. The average Bonchev–Trinajstić information content (AvgIpc) is 3.23. The number of anilines is 1. The minimum absolute atomic E-state index is 0.0708. The lowest BCUT2D eigenvalue weighted by Gasteiger charge is -2.20. The van der Waals surface area contributed by atoms with Crippen molar-refractivity contribution in [2.75, 3.05) is 33.4 Å². The molecule has 0 spiro atoms. The van der Waals surface area contributed by atoms with E-state index in [1.165, 1.54) is 0 Å². The van der Waals surface area contributed by atoms with Crippen LogP contribution in [-0.2, 0) is 0 Å². The molecule has 156 valence electrons. The summed E-state index contributed by atoms with van der Waals surface area (Å²) < 4.78 is 27.4. The van der Waals surface area contributed by atoms with Crippen LogP contribution in [0, 0.1) is 0 Å². The fourth-order valence-electron chi connectivity index (χ4n) is 3.43. The van der Waals surface area contributed by atoms with Crippen LogP contribution in [0.1, 0.15) is 17.2 Å². The van der Waals surface area contributed by atoms with Gasteiger partial charge in [0.2, 0.25) is 12.5 Å². The summed E-state index contributed by atoms with van der Waals surface area (Å²) in [6.45, 7) is 0.118. The fraction of sp³-hybridized carbons (Fsp3) is 0.227. The molecule has 1 aliphatic heterocycles. The largest absolute Gasteiger partial charge is 0.507 e. The number of pyridine rings is 1. The smallest absolute Gasteiger partial charge is 0.272 e. The van der Waals surface area contributed by atoms with Crippen LogP contribution in [0.15, 0.2) is 48.7 Å². The minimum Gasteiger partial charge on any atom is -0.507 e. The van der Waals surface area contributed by atoms with Crippen LogP contribution in [-0.4, -0.2) is 33.2 Å². The molecule has 3 N–H and O–H groups in total. The van der Waals surface area contributed by atoms with Crippen LogP contribution in [0.3, 0.4) is 0 Å². The van der Waals surface area contributed by atoms with E-state index < -0.39 is 6.04 Å². The van der Waals surface area contributed by atoms with Gasteiger partial charge in [0.25, 0.3) is 5.82 Å². The van der Waals surface area contributed by atoms with E-state index >= 15 is 0 Å². The van der Waals surface area contributed by atoms with Crippen molar-refractivity contribution in [2.24, 2.45) is 0 Å². The summed E-state index contributed by atoms with van der Waals surface area (Å²) in [7, 11) is 4.68. The normalized spacial score (nSPS) is 12.9. The predicted molar refractivity (Wildman–Crippen MR) is 109 cm³/mol. The number of hydrogen-bond acceptors (Lipinski definition) is 7. The second-order valence-electron chi connectivity index (χ2n) is 6.58. The van der Waals surface area contributed by atoms with E-state index in [1.807, 2.05) is 36.5 Å². The Morgan fingerprint density at radius 1 is 0.967 bits per heavy atom. The standard InChI is InChI=1S/C22H22N2O6/c1-26-18-8-13(9-19(27-2)22(18)28-3)21(24-20-6-4-5-7-23-20)14-10-16-17(11-15(14)25)30-12-29-16/h4-11,21,25H,12H2,1-3H3,(H,23,24)/p+1/t21-/m1/s1. The maximum Gasteiger partial charge on any atom is 0.272 e. The van der Waals surface area contributed by atoms with Crippen molar-refractivity contribution in [3.63, 3.8) is 0 Å². The molecule has 4 rings (SSSR count). The van der Waals surface area contributed by atoms with Gasteiger partial charge in [-0.2, -0.15) is 0 Å². The van der Waals surface area contributed by atoms with Crippen molar-refractivity contribution >= 4 is 5.82 Å². The Morgan fingerprint density at radius 3 is 2.27 bits per heavy atom. The zero-order chi connectivity index (χ0) is 21.1. The van der Waals surface area contributed by atoms with Crippen LogP contribution in [0.2, 0.25) is 0 Å². The third kappa shape index (κ3) is 3.59. The number of hydrogen-bond donors (Lipinski definition) is 2. The lowest BCUT2D eigenvalue weighted by atomic mass is 9.96. The number of phenolic OH excluding ortho intramolecular Hbond substituents is 1. The Kier molecular flexibility index (Phi) is 5.38. The molecule has 0 amide bonds. The summed E-state index contributed by atoms with van der Waals surface area (Å²) in [4.78, 5) is 3.15. The molecule has 3 aromatic rings. The van der Waals surface area contributed by atoms with E-state index in [-0.39, 0.29) is 12.5 Å². The Balaban J connectivity index is 1.86. The van der Waals surface area contributed by atoms with Crippen LogP contribution in [0.5, 0.6) is 34.5 Å². The number of aromatic hydroxyl groups is 1. The van der Waals surface area contributed by atoms with E-state index in [9.17, 15) is 5.11 Å². The zero-order valence-corrected chi connectivity index (χ0v) is 16.9. The fourth-order valence-corrected chi connectivity index (χ4v) is 3.43. The average molecular weight is 411 g/mol. The number of ether oxygens (including phenoxy) is 5. The number of nitrogens with one attached hydrogen (secondary N) is 2. The molecular weight excluding hydrogens is 388 g/mol. The molecule has 2 aromatic carbocycles. The molecule has 30 heavy (non-hydrogen) atoms. The summed E-state index contributed by atoms with van der Waals surface area (Å²) in [6.07, 6.45) is 1.81. The molecule has 0 aliphatic carbocycles. The SMILES string of the molecule is COc1cc([C@@H](Nc2cccc[nH+]2)c2cc3c(cc2O)OCO3)cc(OC)c1OC. The summed E-state index contributed by atoms with van der Waals surface area (Å²) >= 11 is 0. The predicted octanol–water partition coefficient (Wildman–Crippen LogP) is 3.16. The maximum atomic E-state index is 10.8. The van der Waals surface area contributed by atoms with Gasteiger partial charge in [-0.05, 0) is 24.3 Å². The molecule has 2 heterocycles. The molecule has 0 bridgehead atoms. The Labute approximate surface area is 173 Å². The molecule has 1 aromatic heterocycles. The Hall–Kier alpha value is -3.81. The number of H-pyrrole nitrogens is 1. The maximum absolute atomic E-state index is 10.8. The molecule has 8 heteroatoms. The minimum atomic E-state index is -0.466. The van der Waals surface area contributed by atoms with Crippen LogP contribution in [0.25, 0.3) is 0 Å². The van der Waals surface area contributed by atoms with E-state index in [2.05, 4.69) is 10.3 Å². The molecule has 8 nitrogen and oxygen atoms in total. The molecule has 1 aliphatic rings. The third-order valence-electron chi connectivity index (χ3n) is 4.86. The first-order valence-electron chi connectivity index (χ1n) is 9.30. The van der Waals surface area contributed by atoms with Crippen molar-refractivity contribution in [2.45, 2.75) is 6.04 Å². The number of rotatable bonds is 7. The highest BCUT2D eigenvalue weighted by molar-refractivity contribution is 5.60. The second-order valence-corrected chi connectivity index (χ2v) is 6.58. The summed E-state index contributed by atoms with van der Waals surface area (Å²) in [5.41, 5.74) is 1.39. The van der Waals surface area contributed by atoms with Gasteiger partial charge < -0.3 is 28.8 Å². The Morgan fingerprint density at radius 2 is 1.67 bits per heavy atom. The zero-order valence-electron chi connectivity index (χ0n) is 16.9. The van der Waals surface area contributed by atoms with Gasteiger partial charge in [-0.1, -0.05) is 6.07 Å². The molecule has 0 unspecified atom stereocenters. The van der Waals surface area contributed by atoms with Gasteiger partial charge in [-0.15, -0.1) is 0 Å². The van der Waals surface area contributed by atoms with Crippen molar-refractivity contribution in [3.8, 4) is 34.5 Å². The van der Waals surface area contributed by atoms with Gasteiger partial charge >= 0.3 is 0 Å². The molecule has 0 fully saturated rings. The van der Waals surface area contributed by atoms with Gasteiger partial charge in [0.1, 0.15) is 11.8 Å². The highest BCUT2D eigenvalue weighted by Gasteiger charge is 2.29. The third-order valence-corrected chi connectivity index (χ3v) is 4.86. The molecule has 0 saturated heterocycles. The van der Waals surface area contributed by atoms with Gasteiger partial charge in [-0.25, -0.2) is 4.98 Å². The van der Waals surface area contributed by atoms with Crippen molar-refractivity contribution in [1.29, 1.82) is 0 Å². The van der Waals surface area contributed by atoms with E-state index in [0.717, 1.165) is 11.4 Å². The van der Waals surface area contributed by atoms with E-state index in [0.29, 0.717) is 34.3 Å². The first-order valence-corrected chi connectivity index (χ1v) is 9.30. The van der Waals surface area contributed by atoms with Gasteiger partial charge in [0, 0.05) is 23.3 Å². The number of phenols is 1. The second kappa shape index (κ2) is 8.28. The number of methoxy groups -OCH3 is 3. The van der Waals surface area contributed by atoms with Crippen molar-refractivity contribution in [3.05, 3.63) is 59.8 Å².